The second-order valence-electron chi connectivity index (χ2n) is 7.99. The maximum atomic E-state index is 15.6. The molecule has 0 unspecified atom stereocenters. The third kappa shape index (κ3) is 4.69. The summed E-state index contributed by atoms with van der Waals surface area (Å²) >= 11 is 0. The summed E-state index contributed by atoms with van der Waals surface area (Å²) in [6, 6.07) is 0. The maximum absolute atomic E-state index is 15.6. The van der Waals surface area contributed by atoms with Gasteiger partial charge in [-0.15, -0.1) is 0 Å². The number of carbonyl (C=O) groups excluding carboxylic acids is 2. The Labute approximate surface area is 195 Å². The molecule has 0 amide bonds. The first-order valence-corrected chi connectivity index (χ1v) is 11.1. The lowest BCUT2D eigenvalue weighted by Crippen LogP contribution is -2.39. The van der Waals surface area contributed by atoms with Gasteiger partial charge in [0, 0.05) is 20.4 Å². The van der Waals surface area contributed by atoms with E-state index in [1.165, 1.54) is 18.6 Å². The smallest absolute Gasteiger partial charge is 0.332 e. The summed E-state index contributed by atoms with van der Waals surface area (Å²) in [4.78, 5) is 45.2. The lowest BCUT2D eigenvalue weighted by atomic mass is 10.0. The molecule has 2 aromatic rings. The molecule has 1 aliphatic heterocycles. The van der Waals surface area contributed by atoms with Gasteiger partial charge in [-0.1, -0.05) is 20.3 Å². The third-order valence-electron chi connectivity index (χ3n) is 5.56. The van der Waals surface area contributed by atoms with E-state index in [0.29, 0.717) is 13.0 Å². The van der Waals surface area contributed by atoms with Crippen LogP contribution in [0.1, 0.15) is 53.2 Å². The number of carbonyl (C=O) groups is 2. The summed E-state index contributed by atoms with van der Waals surface area (Å²) in [6.07, 6.45) is -5.35. The van der Waals surface area contributed by atoms with Gasteiger partial charge in [0.25, 0.3) is 0 Å². The summed E-state index contributed by atoms with van der Waals surface area (Å²) in [6.45, 7) is 6.28. The third-order valence-corrected chi connectivity index (χ3v) is 5.56. The van der Waals surface area contributed by atoms with Crippen molar-refractivity contribution in [3.05, 3.63) is 10.5 Å². The molecule has 3 rings (SSSR count). The average Bonchev–Trinajstić information content (AvgIpc) is 3.22. The summed E-state index contributed by atoms with van der Waals surface area (Å²) in [5.74, 6) is -1.49. The van der Waals surface area contributed by atoms with Crippen molar-refractivity contribution in [3.8, 4) is 5.88 Å². The predicted octanol–water partition coefficient (Wildman–Crippen LogP) is 1.49. The Kier molecular flexibility index (Phi) is 7.75. The zero-order chi connectivity index (χ0) is 25.2. The molecule has 13 heteroatoms. The number of esters is 2. The van der Waals surface area contributed by atoms with Gasteiger partial charge in [0.2, 0.25) is 11.8 Å². The van der Waals surface area contributed by atoms with E-state index in [4.69, 9.17) is 24.7 Å². The van der Waals surface area contributed by atoms with Crippen LogP contribution in [0.15, 0.2) is 4.79 Å². The number of anilines is 1. The highest BCUT2D eigenvalue weighted by molar-refractivity contribution is 5.78. The van der Waals surface area contributed by atoms with E-state index in [2.05, 4.69) is 9.97 Å². The minimum absolute atomic E-state index is 0.0426. The highest BCUT2D eigenvalue weighted by Gasteiger charge is 2.53. The average molecular weight is 483 g/mol. The van der Waals surface area contributed by atoms with Gasteiger partial charge in [0.05, 0.1) is 7.11 Å². The van der Waals surface area contributed by atoms with Crippen LogP contribution in [0.5, 0.6) is 5.88 Å². The van der Waals surface area contributed by atoms with Crippen LogP contribution in [0.2, 0.25) is 0 Å². The fraction of sp³-hybridized carbons (Fsp3) is 0.667. The molecule has 0 bridgehead atoms. The van der Waals surface area contributed by atoms with Gasteiger partial charge in [-0.3, -0.25) is 14.2 Å². The van der Waals surface area contributed by atoms with Crippen molar-refractivity contribution < 1.29 is 32.9 Å². The summed E-state index contributed by atoms with van der Waals surface area (Å²) in [5, 5.41) is 0. The van der Waals surface area contributed by atoms with Gasteiger partial charge in [-0.05, 0) is 12.8 Å². The number of nitrogens with two attached hydrogens (primary N) is 1. The van der Waals surface area contributed by atoms with Crippen molar-refractivity contribution in [2.24, 2.45) is 0 Å². The number of methoxy groups -OCH3 is 1. The normalized spacial score (nSPS) is 23.1. The number of halogens is 1. The number of aromatic nitrogens is 4. The van der Waals surface area contributed by atoms with Crippen LogP contribution in [0.3, 0.4) is 0 Å². The molecule has 1 saturated heterocycles. The van der Waals surface area contributed by atoms with Crippen LogP contribution in [-0.2, 0) is 30.3 Å². The molecule has 1 fully saturated rings. The predicted molar refractivity (Wildman–Crippen MR) is 118 cm³/mol. The molecule has 188 valence electrons. The molecule has 0 spiro atoms. The summed E-state index contributed by atoms with van der Waals surface area (Å²) in [7, 11) is 1.37. The van der Waals surface area contributed by atoms with Crippen molar-refractivity contribution >= 4 is 29.1 Å². The number of nitrogens with zero attached hydrogens (tertiary/aromatic N) is 4. The van der Waals surface area contributed by atoms with E-state index in [1.54, 1.807) is 6.92 Å². The number of ether oxygens (including phenoxy) is 4. The van der Waals surface area contributed by atoms with Crippen LogP contribution in [0.4, 0.5) is 10.3 Å². The number of aryl methyl sites for hydroxylation is 1. The zero-order valence-corrected chi connectivity index (χ0v) is 19.8. The second-order valence-corrected chi connectivity index (χ2v) is 7.99. The van der Waals surface area contributed by atoms with E-state index in [1.807, 2.05) is 6.92 Å². The first-order chi connectivity index (χ1) is 16.1. The molecule has 1 aliphatic rings. The van der Waals surface area contributed by atoms with Crippen LogP contribution in [0, 0.1) is 0 Å². The molecule has 12 nitrogen and oxygen atoms in total. The number of imidazole rings is 1. The van der Waals surface area contributed by atoms with Crippen molar-refractivity contribution in [2.45, 2.75) is 84.2 Å². The Morgan fingerprint density at radius 1 is 1.24 bits per heavy atom. The standard InChI is InChI=1S/C21H30FN5O7/c1-6-8-9-26-14-17(24-20(23)25-18(14)31-5)27(21(26)30)19-16(33-11(4)29)13(22)15(34-19)12(7-2)32-10(3)28/h12-13,15-16,19H,6-9H2,1-5H3,(H2,23,24,25)/t12-,13-,15+,16+,19+/m0/s1. The number of hydrogen-bond donors (Lipinski definition) is 1. The molecule has 0 radical (unpaired) electrons. The first kappa shape index (κ1) is 25.4. The topological polar surface area (TPSA) is 150 Å². The van der Waals surface area contributed by atoms with Crippen molar-refractivity contribution in [1.82, 2.24) is 19.1 Å². The number of nitrogen functional groups attached to an aromatic ring is 1. The minimum Gasteiger partial charge on any atom is -0.479 e. The lowest BCUT2D eigenvalue weighted by molar-refractivity contribution is -0.159. The van der Waals surface area contributed by atoms with E-state index < -0.39 is 48.3 Å². The number of hydrogen-bond acceptors (Lipinski definition) is 10. The fourth-order valence-electron chi connectivity index (χ4n) is 4.12. The van der Waals surface area contributed by atoms with Gasteiger partial charge in [-0.2, -0.15) is 9.97 Å². The lowest BCUT2D eigenvalue weighted by Gasteiger charge is -2.23. The van der Waals surface area contributed by atoms with E-state index in [-0.39, 0.29) is 29.4 Å². The molecular weight excluding hydrogens is 453 g/mol. The molecule has 34 heavy (non-hydrogen) atoms. The molecule has 0 aromatic carbocycles. The van der Waals surface area contributed by atoms with Crippen LogP contribution in [-0.4, -0.2) is 62.6 Å². The first-order valence-electron chi connectivity index (χ1n) is 11.1. The van der Waals surface area contributed by atoms with Crippen molar-refractivity contribution in [3.63, 3.8) is 0 Å². The molecule has 3 heterocycles. The van der Waals surface area contributed by atoms with Crippen LogP contribution in [0.25, 0.3) is 11.2 Å². The van der Waals surface area contributed by atoms with Gasteiger partial charge in [-0.25, -0.2) is 13.8 Å². The number of unbranched alkanes of at least 4 members (excludes halogenated alkanes) is 1. The highest BCUT2D eigenvalue weighted by Crippen LogP contribution is 2.38. The molecule has 2 N–H and O–H groups in total. The largest absolute Gasteiger partial charge is 0.479 e. The maximum Gasteiger partial charge on any atom is 0.332 e. The van der Waals surface area contributed by atoms with E-state index >= 15 is 4.39 Å². The Hall–Kier alpha value is -3.22. The van der Waals surface area contributed by atoms with Gasteiger partial charge in [0.15, 0.2) is 29.7 Å². The molecule has 0 saturated carbocycles. The zero-order valence-electron chi connectivity index (χ0n) is 19.8. The Bertz CT molecular complexity index is 1120. The summed E-state index contributed by atoms with van der Waals surface area (Å²) in [5.41, 5.74) is 5.55. The van der Waals surface area contributed by atoms with Crippen molar-refractivity contribution in [1.29, 1.82) is 0 Å². The molecule has 5 atom stereocenters. The Morgan fingerprint density at radius 3 is 2.50 bits per heavy atom. The molecule has 2 aromatic heterocycles. The monoisotopic (exact) mass is 483 g/mol. The van der Waals surface area contributed by atoms with Crippen molar-refractivity contribution in [2.75, 3.05) is 12.8 Å². The minimum atomic E-state index is -1.89. The SMILES string of the molecule is CCCCn1c(=O)n([C@@H]2O[C@H]([C@H](CC)OC(C)=O)[C@H](F)[C@H]2OC(C)=O)c2nc(N)nc(OC)c21. The quantitative estimate of drug-likeness (QED) is 0.520. The molecule has 0 aliphatic carbocycles. The van der Waals surface area contributed by atoms with Crippen LogP contribution >= 0.6 is 0 Å². The highest BCUT2D eigenvalue weighted by atomic mass is 19.1. The number of alkyl halides is 1. The Balaban J connectivity index is 2.21. The van der Waals surface area contributed by atoms with Gasteiger partial charge >= 0.3 is 17.6 Å². The number of rotatable bonds is 9. The fourth-order valence-corrected chi connectivity index (χ4v) is 4.12. The second kappa shape index (κ2) is 10.4. The van der Waals surface area contributed by atoms with E-state index in [0.717, 1.165) is 17.9 Å². The molecular formula is C21H30FN5O7. The summed E-state index contributed by atoms with van der Waals surface area (Å²) < 4.78 is 39.8. The Morgan fingerprint density at radius 2 is 1.94 bits per heavy atom. The number of fused-ring (bicyclic) bond motifs is 1. The van der Waals surface area contributed by atoms with Crippen LogP contribution < -0.4 is 16.2 Å². The van der Waals surface area contributed by atoms with Gasteiger partial charge in [0.1, 0.15) is 12.2 Å². The van der Waals surface area contributed by atoms with Gasteiger partial charge < -0.3 is 24.7 Å². The van der Waals surface area contributed by atoms with E-state index in [9.17, 15) is 14.4 Å².